The topological polar surface area (TPSA) is 41.1 Å². The maximum absolute atomic E-state index is 13.6. The van der Waals surface area contributed by atoms with Crippen molar-refractivity contribution in [3.8, 4) is 0 Å². The fourth-order valence-corrected chi connectivity index (χ4v) is 2.34. The summed E-state index contributed by atoms with van der Waals surface area (Å²) in [6.07, 6.45) is 4.95. The molecule has 1 unspecified atom stereocenters. The molecule has 1 fully saturated rings. The number of carbonyl (C=O) groups excluding carboxylic acids is 1. The first-order valence-corrected chi connectivity index (χ1v) is 6.31. The number of nitrogens with one attached hydrogen (secondary N) is 2. The highest BCUT2D eigenvalue weighted by molar-refractivity contribution is 6.30. The maximum Gasteiger partial charge on any atom is 0.237 e. The van der Waals surface area contributed by atoms with E-state index in [0.717, 1.165) is 25.8 Å². The van der Waals surface area contributed by atoms with Crippen LogP contribution in [0.4, 0.5) is 4.39 Å². The molecule has 0 aromatic carbocycles. The Kier molecular flexibility index (Phi) is 4.18. The van der Waals surface area contributed by atoms with Crippen LogP contribution in [0, 0.1) is 0 Å². The number of hydrogen-bond acceptors (Lipinski definition) is 2. The van der Waals surface area contributed by atoms with E-state index in [2.05, 4.69) is 10.6 Å². The summed E-state index contributed by atoms with van der Waals surface area (Å²) in [5, 5.41) is 6.10. The van der Waals surface area contributed by atoms with Gasteiger partial charge in [-0.1, -0.05) is 17.7 Å². The van der Waals surface area contributed by atoms with Gasteiger partial charge in [0.15, 0.2) is 0 Å². The summed E-state index contributed by atoms with van der Waals surface area (Å²) in [4.78, 5) is 11.7. The van der Waals surface area contributed by atoms with Crippen LogP contribution in [0.1, 0.15) is 25.7 Å². The van der Waals surface area contributed by atoms with Gasteiger partial charge in [-0.3, -0.25) is 4.79 Å². The molecule has 2 N–H and O–H groups in total. The van der Waals surface area contributed by atoms with Crippen molar-refractivity contribution in [3.63, 3.8) is 0 Å². The van der Waals surface area contributed by atoms with Crippen LogP contribution in [-0.4, -0.2) is 25.0 Å². The lowest BCUT2D eigenvalue weighted by Gasteiger charge is -2.15. The smallest absolute Gasteiger partial charge is 0.237 e. The van der Waals surface area contributed by atoms with Crippen LogP contribution in [0.5, 0.6) is 0 Å². The molecule has 2 aliphatic rings. The van der Waals surface area contributed by atoms with Crippen molar-refractivity contribution in [2.24, 2.45) is 0 Å². The first kappa shape index (κ1) is 12.6. The lowest BCUT2D eigenvalue weighted by Crippen LogP contribution is -2.41. The Labute approximate surface area is 105 Å². The van der Waals surface area contributed by atoms with E-state index in [0.29, 0.717) is 12.0 Å². The Balaban J connectivity index is 1.86. The molecule has 1 amide bonds. The quantitative estimate of drug-likeness (QED) is 0.813. The lowest BCUT2D eigenvalue weighted by atomic mass is 10.1. The molecule has 0 radical (unpaired) electrons. The van der Waals surface area contributed by atoms with Gasteiger partial charge in [-0.05, 0) is 32.2 Å². The number of allylic oxidation sites excluding steroid dienone is 2. The molecule has 3 nitrogen and oxygen atoms in total. The van der Waals surface area contributed by atoms with Crippen LogP contribution in [-0.2, 0) is 4.79 Å². The van der Waals surface area contributed by atoms with E-state index in [4.69, 9.17) is 11.6 Å². The van der Waals surface area contributed by atoms with Crippen molar-refractivity contribution in [3.05, 3.63) is 22.5 Å². The molecule has 0 aromatic heterocycles. The van der Waals surface area contributed by atoms with Gasteiger partial charge in [0.05, 0.1) is 11.1 Å². The standard InChI is InChI=1S/C12H16ClFN2O/c13-9-4-1-3-8(11(9)14)7-16-12(17)10-5-2-6-15-10/h3,10,15H,1-2,4-7H2,(H,16,17). The number of halogens is 2. The Morgan fingerprint density at radius 1 is 1.65 bits per heavy atom. The molecule has 1 atom stereocenters. The second kappa shape index (κ2) is 5.65. The van der Waals surface area contributed by atoms with E-state index in [1.807, 2.05) is 0 Å². The van der Waals surface area contributed by atoms with Crippen molar-refractivity contribution in [1.29, 1.82) is 0 Å². The monoisotopic (exact) mass is 258 g/mol. The van der Waals surface area contributed by atoms with Crippen molar-refractivity contribution in [1.82, 2.24) is 10.6 Å². The normalized spacial score (nSPS) is 24.8. The Bertz CT molecular complexity index is 373. The van der Waals surface area contributed by atoms with Gasteiger partial charge in [-0.25, -0.2) is 4.39 Å². The fourth-order valence-electron chi connectivity index (χ4n) is 2.11. The molecular weight excluding hydrogens is 243 g/mol. The summed E-state index contributed by atoms with van der Waals surface area (Å²) in [6, 6.07) is -0.123. The van der Waals surface area contributed by atoms with Gasteiger partial charge in [0.2, 0.25) is 5.91 Å². The molecule has 17 heavy (non-hydrogen) atoms. The Morgan fingerprint density at radius 2 is 2.47 bits per heavy atom. The van der Waals surface area contributed by atoms with Gasteiger partial charge in [0.1, 0.15) is 5.83 Å². The van der Waals surface area contributed by atoms with Gasteiger partial charge in [-0.15, -0.1) is 0 Å². The van der Waals surface area contributed by atoms with Crippen molar-refractivity contribution < 1.29 is 9.18 Å². The van der Waals surface area contributed by atoms with Crippen LogP contribution in [0.3, 0.4) is 0 Å². The van der Waals surface area contributed by atoms with Crippen LogP contribution in [0.2, 0.25) is 0 Å². The maximum atomic E-state index is 13.6. The number of carbonyl (C=O) groups is 1. The van der Waals surface area contributed by atoms with E-state index in [9.17, 15) is 9.18 Å². The minimum Gasteiger partial charge on any atom is -0.351 e. The molecular formula is C12H16ClFN2O. The minimum atomic E-state index is -0.377. The molecule has 1 heterocycles. The molecule has 1 aliphatic carbocycles. The first-order valence-electron chi connectivity index (χ1n) is 5.93. The van der Waals surface area contributed by atoms with Crippen molar-refractivity contribution in [2.75, 3.05) is 13.1 Å². The molecule has 0 bridgehead atoms. The number of hydrogen-bond donors (Lipinski definition) is 2. The van der Waals surface area contributed by atoms with E-state index in [1.165, 1.54) is 0 Å². The van der Waals surface area contributed by atoms with Gasteiger partial charge in [-0.2, -0.15) is 0 Å². The highest BCUT2D eigenvalue weighted by atomic mass is 35.5. The minimum absolute atomic E-state index is 0.0575. The average Bonchev–Trinajstić information content (AvgIpc) is 2.84. The summed E-state index contributed by atoms with van der Waals surface area (Å²) in [7, 11) is 0. The zero-order chi connectivity index (χ0) is 12.3. The molecule has 0 spiro atoms. The Morgan fingerprint density at radius 3 is 3.18 bits per heavy atom. The summed E-state index contributed by atoms with van der Waals surface area (Å²) < 4.78 is 13.6. The molecule has 1 saturated heterocycles. The molecule has 5 heteroatoms. The van der Waals surface area contributed by atoms with E-state index >= 15 is 0 Å². The highest BCUT2D eigenvalue weighted by Crippen LogP contribution is 2.28. The molecule has 2 rings (SSSR count). The second-order valence-corrected chi connectivity index (χ2v) is 4.81. The molecule has 0 aromatic rings. The third kappa shape index (κ3) is 3.07. The molecule has 1 aliphatic heterocycles. The predicted molar refractivity (Wildman–Crippen MR) is 65.3 cm³/mol. The summed E-state index contributed by atoms with van der Waals surface area (Å²) in [6.45, 7) is 1.10. The van der Waals surface area contributed by atoms with E-state index in [-0.39, 0.29) is 29.4 Å². The highest BCUT2D eigenvalue weighted by Gasteiger charge is 2.22. The van der Waals surface area contributed by atoms with Gasteiger partial charge >= 0.3 is 0 Å². The zero-order valence-electron chi connectivity index (χ0n) is 9.56. The summed E-state index contributed by atoms with van der Waals surface area (Å²) >= 11 is 5.74. The second-order valence-electron chi connectivity index (χ2n) is 4.35. The van der Waals surface area contributed by atoms with Crippen LogP contribution in [0.25, 0.3) is 0 Å². The zero-order valence-corrected chi connectivity index (χ0v) is 10.3. The Hall–Kier alpha value is -0.870. The van der Waals surface area contributed by atoms with Gasteiger partial charge in [0.25, 0.3) is 0 Å². The predicted octanol–water partition coefficient (Wildman–Crippen LogP) is 1.99. The molecule has 0 saturated carbocycles. The largest absolute Gasteiger partial charge is 0.351 e. The summed E-state index contributed by atoms with van der Waals surface area (Å²) in [5.41, 5.74) is 0.493. The first-order chi connectivity index (χ1) is 8.18. The lowest BCUT2D eigenvalue weighted by molar-refractivity contribution is -0.122. The summed E-state index contributed by atoms with van der Waals surface area (Å²) in [5.74, 6) is -0.435. The number of amides is 1. The van der Waals surface area contributed by atoms with Crippen LogP contribution in [0.15, 0.2) is 22.5 Å². The SMILES string of the molecule is O=C(NCC1=CCCC(Cl)=C1F)C1CCCN1. The van der Waals surface area contributed by atoms with E-state index in [1.54, 1.807) is 6.08 Å². The van der Waals surface area contributed by atoms with Gasteiger partial charge in [0, 0.05) is 12.1 Å². The van der Waals surface area contributed by atoms with E-state index < -0.39 is 0 Å². The van der Waals surface area contributed by atoms with Crippen LogP contribution >= 0.6 is 11.6 Å². The van der Waals surface area contributed by atoms with Crippen LogP contribution < -0.4 is 10.6 Å². The molecule has 94 valence electrons. The average molecular weight is 259 g/mol. The van der Waals surface area contributed by atoms with Crippen molar-refractivity contribution >= 4 is 17.5 Å². The third-order valence-electron chi connectivity index (χ3n) is 3.10. The third-order valence-corrected chi connectivity index (χ3v) is 3.46. The fraction of sp³-hybridized carbons (Fsp3) is 0.583. The van der Waals surface area contributed by atoms with Crippen molar-refractivity contribution in [2.45, 2.75) is 31.7 Å². The number of rotatable bonds is 3. The van der Waals surface area contributed by atoms with Gasteiger partial charge < -0.3 is 10.6 Å².